The molecule has 0 amide bonds. The van der Waals surface area contributed by atoms with Crippen molar-refractivity contribution in [2.75, 3.05) is 6.54 Å². The summed E-state index contributed by atoms with van der Waals surface area (Å²) in [5.41, 5.74) is 1.97. The Morgan fingerprint density at radius 3 is 2.87 bits per heavy atom. The Balaban J connectivity index is 2.33. The van der Waals surface area contributed by atoms with Crippen LogP contribution in [0.3, 0.4) is 0 Å². The summed E-state index contributed by atoms with van der Waals surface area (Å²) in [6.07, 6.45) is 3.59. The average Bonchev–Trinajstić information content (AvgIpc) is 2.24. The highest BCUT2D eigenvalue weighted by atomic mass is 79.9. The normalized spacial score (nSPS) is 21.6. The van der Waals surface area contributed by atoms with E-state index < -0.39 is 0 Å². The van der Waals surface area contributed by atoms with Gasteiger partial charge in [0.15, 0.2) is 0 Å². The quantitative estimate of drug-likeness (QED) is 0.820. The number of aryl methyl sites for hydroxylation is 1. The van der Waals surface area contributed by atoms with Crippen LogP contribution in [0.1, 0.15) is 36.4 Å². The van der Waals surface area contributed by atoms with Crippen LogP contribution in [0.15, 0.2) is 16.6 Å². The van der Waals surface area contributed by atoms with Gasteiger partial charge in [-0.25, -0.2) is 0 Å². The summed E-state index contributed by atoms with van der Waals surface area (Å²) in [7, 11) is 0. The summed E-state index contributed by atoms with van der Waals surface area (Å²) in [6, 6.07) is 4.28. The number of piperidine rings is 1. The van der Waals surface area contributed by atoms with Crippen LogP contribution >= 0.6 is 15.9 Å². The lowest BCUT2D eigenvalue weighted by Crippen LogP contribution is -2.26. The first-order chi connectivity index (χ1) is 7.18. The van der Waals surface area contributed by atoms with E-state index in [1.54, 1.807) is 0 Å². The van der Waals surface area contributed by atoms with E-state index >= 15 is 0 Å². The molecule has 0 spiro atoms. The molecule has 1 aliphatic heterocycles. The largest absolute Gasteiger partial charge is 0.507 e. The fraction of sp³-hybridized carbons (Fsp3) is 0.500. The highest BCUT2D eigenvalue weighted by Gasteiger charge is 2.19. The number of rotatable bonds is 1. The third-order valence-corrected chi connectivity index (χ3v) is 3.44. The minimum Gasteiger partial charge on any atom is -0.507 e. The zero-order valence-electron chi connectivity index (χ0n) is 8.89. The molecule has 0 saturated carbocycles. The number of phenolic OH excluding ortho intramolecular Hbond substituents is 1. The molecule has 1 atom stereocenters. The van der Waals surface area contributed by atoms with Crippen molar-refractivity contribution in [3.63, 3.8) is 0 Å². The maximum absolute atomic E-state index is 10.0. The topological polar surface area (TPSA) is 32.3 Å². The Hall–Kier alpha value is -0.540. The van der Waals surface area contributed by atoms with E-state index in [-0.39, 0.29) is 0 Å². The number of hydrogen-bond donors (Lipinski definition) is 2. The maximum atomic E-state index is 10.0. The van der Waals surface area contributed by atoms with E-state index in [0.717, 1.165) is 28.6 Å². The second-order valence-electron chi connectivity index (χ2n) is 4.16. The Bertz CT molecular complexity index is 359. The van der Waals surface area contributed by atoms with Gasteiger partial charge in [0.05, 0.1) is 0 Å². The molecule has 1 aromatic rings. The van der Waals surface area contributed by atoms with E-state index in [0.29, 0.717) is 11.8 Å². The van der Waals surface area contributed by atoms with Gasteiger partial charge in [-0.15, -0.1) is 0 Å². The Kier molecular flexibility index (Phi) is 3.32. The van der Waals surface area contributed by atoms with Crippen molar-refractivity contribution >= 4 is 15.9 Å². The standard InChI is InChI=1S/C12H16BrNO/c1-8-6-9(13)7-10(12(8)15)11-4-2-3-5-14-11/h6-7,11,14-15H,2-5H2,1H3/t11-/m1/s1. The van der Waals surface area contributed by atoms with E-state index in [2.05, 4.69) is 21.2 Å². The molecule has 2 N–H and O–H groups in total. The van der Waals surface area contributed by atoms with Gasteiger partial charge in [0.25, 0.3) is 0 Å². The van der Waals surface area contributed by atoms with Gasteiger partial charge >= 0.3 is 0 Å². The second-order valence-corrected chi connectivity index (χ2v) is 5.08. The summed E-state index contributed by atoms with van der Waals surface area (Å²) < 4.78 is 1.04. The third-order valence-electron chi connectivity index (χ3n) is 2.98. The molecule has 0 aliphatic carbocycles. The van der Waals surface area contributed by atoms with Gasteiger partial charge in [-0.1, -0.05) is 22.4 Å². The first-order valence-electron chi connectivity index (χ1n) is 5.41. The van der Waals surface area contributed by atoms with Gasteiger partial charge < -0.3 is 10.4 Å². The summed E-state index contributed by atoms with van der Waals surface area (Å²) in [6.45, 7) is 2.99. The van der Waals surface area contributed by atoms with Crippen LogP contribution in [-0.4, -0.2) is 11.7 Å². The zero-order valence-corrected chi connectivity index (χ0v) is 10.5. The molecule has 1 aliphatic rings. The average molecular weight is 270 g/mol. The van der Waals surface area contributed by atoms with Gasteiger partial charge in [0.2, 0.25) is 0 Å². The molecule has 82 valence electrons. The fourth-order valence-electron chi connectivity index (χ4n) is 2.14. The van der Waals surface area contributed by atoms with Gasteiger partial charge in [-0.2, -0.15) is 0 Å². The van der Waals surface area contributed by atoms with Gasteiger partial charge in [0.1, 0.15) is 5.75 Å². The number of nitrogens with one attached hydrogen (secondary N) is 1. The SMILES string of the molecule is Cc1cc(Br)cc([C@H]2CCCCN2)c1O. The Labute approximate surface area is 98.8 Å². The van der Waals surface area contributed by atoms with E-state index in [4.69, 9.17) is 0 Å². The van der Waals surface area contributed by atoms with Crippen molar-refractivity contribution in [2.24, 2.45) is 0 Å². The van der Waals surface area contributed by atoms with Gasteiger partial charge in [-0.05, 0) is 44.0 Å². The summed E-state index contributed by atoms with van der Waals surface area (Å²) >= 11 is 3.47. The van der Waals surface area contributed by atoms with Crippen LogP contribution in [0.25, 0.3) is 0 Å². The number of aromatic hydroxyl groups is 1. The molecule has 2 nitrogen and oxygen atoms in total. The highest BCUT2D eigenvalue weighted by molar-refractivity contribution is 9.10. The zero-order chi connectivity index (χ0) is 10.8. The van der Waals surface area contributed by atoms with Crippen LogP contribution in [0, 0.1) is 6.92 Å². The molecule has 0 bridgehead atoms. The number of phenols is 1. The lowest BCUT2D eigenvalue weighted by Gasteiger charge is -2.25. The molecule has 1 fully saturated rings. The first-order valence-corrected chi connectivity index (χ1v) is 6.20. The van der Waals surface area contributed by atoms with Crippen LogP contribution < -0.4 is 5.32 Å². The number of halogens is 1. The summed E-state index contributed by atoms with van der Waals surface area (Å²) in [5.74, 6) is 0.442. The predicted molar refractivity (Wildman–Crippen MR) is 65.1 cm³/mol. The van der Waals surface area contributed by atoms with Crippen LogP contribution in [-0.2, 0) is 0 Å². The lowest BCUT2D eigenvalue weighted by molar-refractivity contribution is 0.389. The van der Waals surface area contributed by atoms with E-state index in [9.17, 15) is 5.11 Å². The first kappa shape index (κ1) is 11.0. The lowest BCUT2D eigenvalue weighted by atomic mass is 9.95. The van der Waals surface area contributed by atoms with Crippen molar-refractivity contribution in [1.82, 2.24) is 5.32 Å². The van der Waals surface area contributed by atoms with Crippen molar-refractivity contribution in [3.8, 4) is 5.75 Å². The van der Waals surface area contributed by atoms with Crippen molar-refractivity contribution in [2.45, 2.75) is 32.2 Å². The molecule has 1 heterocycles. The highest BCUT2D eigenvalue weighted by Crippen LogP contribution is 2.34. The molecule has 0 unspecified atom stereocenters. The maximum Gasteiger partial charge on any atom is 0.123 e. The summed E-state index contributed by atoms with van der Waals surface area (Å²) in [4.78, 5) is 0. The Morgan fingerprint density at radius 2 is 2.20 bits per heavy atom. The van der Waals surface area contributed by atoms with E-state index in [1.807, 2.05) is 19.1 Å². The monoisotopic (exact) mass is 269 g/mol. The molecular weight excluding hydrogens is 254 g/mol. The van der Waals surface area contributed by atoms with Crippen molar-refractivity contribution < 1.29 is 5.11 Å². The van der Waals surface area contributed by atoms with E-state index in [1.165, 1.54) is 12.8 Å². The van der Waals surface area contributed by atoms with Gasteiger partial charge in [0, 0.05) is 16.1 Å². The smallest absolute Gasteiger partial charge is 0.123 e. The minimum atomic E-state index is 0.315. The van der Waals surface area contributed by atoms with Crippen molar-refractivity contribution in [3.05, 3.63) is 27.7 Å². The predicted octanol–water partition coefficient (Wildman–Crippen LogP) is 3.28. The molecule has 1 aromatic carbocycles. The van der Waals surface area contributed by atoms with Gasteiger partial charge in [-0.3, -0.25) is 0 Å². The molecule has 1 saturated heterocycles. The fourth-order valence-corrected chi connectivity index (χ4v) is 2.73. The van der Waals surface area contributed by atoms with Crippen LogP contribution in [0.2, 0.25) is 0 Å². The molecule has 3 heteroatoms. The summed E-state index contributed by atoms with van der Waals surface area (Å²) in [5, 5.41) is 13.5. The van der Waals surface area contributed by atoms with Crippen LogP contribution in [0.5, 0.6) is 5.75 Å². The Morgan fingerprint density at radius 1 is 1.40 bits per heavy atom. The molecular formula is C12H16BrNO. The van der Waals surface area contributed by atoms with Crippen molar-refractivity contribution in [1.29, 1.82) is 0 Å². The number of benzene rings is 1. The molecule has 0 aromatic heterocycles. The van der Waals surface area contributed by atoms with Crippen LogP contribution in [0.4, 0.5) is 0 Å². The molecule has 15 heavy (non-hydrogen) atoms. The third kappa shape index (κ3) is 2.34. The second kappa shape index (κ2) is 4.54. The minimum absolute atomic E-state index is 0.315. The molecule has 2 rings (SSSR count). The number of hydrogen-bond acceptors (Lipinski definition) is 2. The molecule has 0 radical (unpaired) electrons.